The zero-order chi connectivity index (χ0) is 12.8. The molecular weight excluding hydrogens is 261 g/mol. The molecule has 0 aliphatic heterocycles. The van der Waals surface area contributed by atoms with Crippen molar-refractivity contribution in [2.24, 2.45) is 5.92 Å². The molecule has 0 aliphatic rings. The summed E-state index contributed by atoms with van der Waals surface area (Å²) in [5.41, 5.74) is 0.543. The molecular formula is C11H11Cl2N3O. The molecule has 17 heavy (non-hydrogen) atoms. The van der Waals surface area contributed by atoms with E-state index in [1.165, 1.54) is 0 Å². The van der Waals surface area contributed by atoms with Gasteiger partial charge >= 0.3 is 6.03 Å². The number of hydrogen-bond acceptors (Lipinski definition) is 2. The highest BCUT2D eigenvalue weighted by Gasteiger charge is 2.05. The monoisotopic (exact) mass is 271 g/mol. The van der Waals surface area contributed by atoms with Crippen molar-refractivity contribution in [3.63, 3.8) is 0 Å². The van der Waals surface area contributed by atoms with Crippen LogP contribution in [-0.4, -0.2) is 12.6 Å². The fraction of sp³-hybridized carbons (Fsp3) is 0.273. The molecule has 2 amide bonds. The fourth-order valence-corrected chi connectivity index (χ4v) is 1.34. The van der Waals surface area contributed by atoms with Crippen LogP contribution in [0.5, 0.6) is 0 Å². The molecule has 0 saturated heterocycles. The van der Waals surface area contributed by atoms with Crippen molar-refractivity contribution in [3.05, 3.63) is 28.2 Å². The molecule has 2 N–H and O–H groups in total. The minimum atomic E-state index is -0.384. The SMILES string of the molecule is CC(C#N)CNC(=O)Nc1ccc(Cl)c(Cl)c1. The molecule has 1 aromatic rings. The molecule has 0 aliphatic carbocycles. The van der Waals surface area contributed by atoms with E-state index in [1.54, 1.807) is 25.1 Å². The highest BCUT2D eigenvalue weighted by molar-refractivity contribution is 6.42. The van der Waals surface area contributed by atoms with Crippen LogP contribution in [0.4, 0.5) is 10.5 Å². The predicted octanol–water partition coefficient (Wildman–Crippen LogP) is 3.27. The second-order valence-electron chi connectivity index (χ2n) is 3.49. The van der Waals surface area contributed by atoms with Gasteiger partial charge in [0, 0.05) is 12.2 Å². The van der Waals surface area contributed by atoms with E-state index < -0.39 is 0 Å². The number of benzene rings is 1. The minimum Gasteiger partial charge on any atom is -0.337 e. The molecule has 0 bridgehead atoms. The number of anilines is 1. The van der Waals surface area contributed by atoms with Crippen LogP contribution in [-0.2, 0) is 0 Å². The average molecular weight is 272 g/mol. The summed E-state index contributed by atoms with van der Waals surface area (Å²) in [7, 11) is 0. The Morgan fingerprint density at radius 1 is 1.47 bits per heavy atom. The summed E-state index contributed by atoms with van der Waals surface area (Å²) < 4.78 is 0. The first-order valence-corrected chi connectivity index (χ1v) is 5.68. The van der Waals surface area contributed by atoms with Gasteiger partial charge in [-0.1, -0.05) is 23.2 Å². The number of nitrogens with one attached hydrogen (secondary N) is 2. The van der Waals surface area contributed by atoms with Gasteiger partial charge in [0.15, 0.2) is 0 Å². The van der Waals surface area contributed by atoms with Gasteiger partial charge in [-0.25, -0.2) is 4.79 Å². The molecule has 1 unspecified atom stereocenters. The first-order chi connectivity index (χ1) is 8.02. The first kappa shape index (κ1) is 13.6. The highest BCUT2D eigenvalue weighted by atomic mass is 35.5. The zero-order valence-electron chi connectivity index (χ0n) is 9.13. The van der Waals surface area contributed by atoms with E-state index in [1.807, 2.05) is 6.07 Å². The molecule has 0 radical (unpaired) electrons. The van der Waals surface area contributed by atoms with E-state index >= 15 is 0 Å². The van der Waals surface area contributed by atoms with Gasteiger partial charge in [-0.2, -0.15) is 5.26 Å². The number of carbonyl (C=O) groups is 1. The maximum absolute atomic E-state index is 11.4. The van der Waals surface area contributed by atoms with Crippen molar-refractivity contribution in [2.75, 3.05) is 11.9 Å². The molecule has 0 fully saturated rings. The number of amides is 2. The van der Waals surface area contributed by atoms with Gasteiger partial charge in [0.25, 0.3) is 0 Å². The van der Waals surface area contributed by atoms with Crippen LogP contribution in [0, 0.1) is 17.2 Å². The Kier molecular flexibility index (Phi) is 5.08. The number of urea groups is 1. The predicted molar refractivity (Wildman–Crippen MR) is 68.3 cm³/mol. The molecule has 1 atom stereocenters. The lowest BCUT2D eigenvalue weighted by molar-refractivity contribution is 0.251. The molecule has 0 aromatic heterocycles. The summed E-state index contributed by atoms with van der Waals surface area (Å²) >= 11 is 11.5. The van der Waals surface area contributed by atoms with Crippen molar-refractivity contribution >= 4 is 34.9 Å². The van der Waals surface area contributed by atoms with E-state index in [2.05, 4.69) is 10.6 Å². The standard InChI is InChI=1S/C11H11Cl2N3O/c1-7(5-14)6-15-11(17)16-8-2-3-9(12)10(13)4-8/h2-4,7H,6H2,1H3,(H2,15,16,17). The smallest absolute Gasteiger partial charge is 0.319 e. The zero-order valence-corrected chi connectivity index (χ0v) is 10.6. The summed E-state index contributed by atoms with van der Waals surface area (Å²) in [5.74, 6) is -0.227. The van der Waals surface area contributed by atoms with Crippen LogP contribution in [0.1, 0.15) is 6.92 Å². The molecule has 0 saturated carbocycles. The summed E-state index contributed by atoms with van der Waals surface area (Å²) in [6.45, 7) is 2.02. The number of rotatable bonds is 3. The maximum atomic E-state index is 11.4. The molecule has 1 rings (SSSR count). The lowest BCUT2D eigenvalue weighted by Gasteiger charge is -2.08. The molecule has 1 aromatic carbocycles. The summed E-state index contributed by atoms with van der Waals surface area (Å²) in [6.07, 6.45) is 0. The molecule has 4 nitrogen and oxygen atoms in total. The van der Waals surface area contributed by atoms with E-state index in [4.69, 9.17) is 28.5 Å². The van der Waals surface area contributed by atoms with Crippen LogP contribution in [0.2, 0.25) is 10.0 Å². The Balaban J connectivity index is 2.51. The van der Waals surface area contributed by atoms with E-state index in [9.17, 15) is 4.79 Å². The second-order valence-corrected chi connectivity index (χ2v) is 4.31. The van der Waals surface area contributed by atoms with Gasteiger partial charge in [0.2, 0.25) is 0 Å². The van der Waals surface area contributed by atoms with Crippen LogP contribution >= 0.6 is 23.2 Å². The summed E-state index contributed by atoms with van der Waals surface area (Å²) in [5, 5.41) is 14.5. The van der Waals surface area contributed by atoms with Crippen molar-refractivity contribution in [1.82, 2.24) is 5.32 Å². The van der Waals surface area contributed by atoms with Gasteiger partial charge in [-0.3, -0.25) is 0 Å². The Hall–Kier alpha value is -1.44. The molecule has 0 heterocycles. The quantitative estimate of drug-likeness (QED) is 0.886. The third-order valence-electron chi connectivity index (χ3n) is 1.97. The van der Waals surface area contributed by atoms with Crippen LogP contribution in [0.3, 0.4) is 0 Å². The van der Waals surface area contributed by atoms with Crippen molar-refractivity contribution in [1.29, 1.82) is 5.26 Å². The Morgan fingerprint density at radius 2 is 2.18 bits per heavy atom. The largest absolute Gasteiger partial charge is 0.337 e. The normalized spacial score (nSPS) is 11.4. The maximum Gasteiger partial charge on any atom is 0.319 e. The van der Waals surface area contributed by atoms with Gasteiger partial charge in [0.05, 0.1) is 22.0 Å². The highest BCUT2D eigenvalue weighted by Crippen LogP contribution is 2.24. The third-order valence-corrected chi connectivity index (χ3v) is 2.71. The number of carbonyl (C=O) groups excluding carboxylic acids is 1. The number of nitrogens with zero attached hydrogens (tertiary/aromatic N) is 1. The Morgan fingerprint density at radius 3 is 2.76 bits per heavy atom. The van der Waals surface area contributed by atoms with Gasteiger partial charge in [0.1, 0.15) is 0 Å². The van der Waals surface area contributed by atoms with Crippen LogP contribution in [0.15, 0.2) is 18.2 Å². The van der Waals surface area contributed by atoms with Crippen LogP contribution in [0.25, 0.3) is 0 Å². The lowest BCUT2D eigenvalue weighted by atomic mass is 10.2. The number of hydrogen-bond donors (Lipinski definition) is 2. The number of halogens is 2. The molecule has 90 valence electrons. The first-order valence-electron chi connectivity index (χ1n) is 4.92. The molecule has 6 heteroatoms. The van der Waals surface area contributed by atoms with Gasteiger partial charge < -0.3 is 10.6 Å². The van der Waals surface area contributed by atoms with Gasteiger partial charge in [-0.15, -0.1) is 0 Å². The van der Waals surface area contributed by atoms with E-state index in [0.29, 0.717) is 22.3 Å². The minimum absolute atomic E-state index is 0.227. The van der Waals surface area contributed by atoms with Crippen molar-refractivity contribution in [3.8, 4) is 6.07 Å². The topological polar surface area (TPSA) is 64.9 Å². The van der Waals surface area contributed by atoms with Crippen LogP contribution < -0.4 is 10.6 Å². The van der Waals surface area contributed by atoms with Crippen molar-refractivity contribution in [2.45, 2.75) is 6.92 Å². The average Bonchev–Trinajstić information content (AvgIpc) is 2.31. The Bertz CT molecular complexity index is 457. The number of nitriles is 1. The van der Waals surface area contributed by atoms with Gasteiger partial charge in [-0.05, 0) is 25.1 Å². The fourth-order valence-electron chi connectivity index (χ4n) is 1.04. The summed E-state index contributed by atoms with van der Waals surface area (Å²) in [4.78, 5) is 11.4. The Labute approximate surface area is 110 Å². The van der Waals surface area contributed by atoms with E-state index in [0.717, 1.165) is 0 Å². The third kappa shape index (κ3) is 4.51. The second kappa shape index (κ2) is 6.33. The van der Waals surface area contributed by atoms with Crippen molar-refractivity contribution < 1.29 is 4.79 Å². The lowest BCUT2D eigenvalue weighted by Crippen LogP contribution is -2.31. The van der Waals surface area contributed by atoms with E-state index in [-0.39, 0.29) is 11.9 Å². The molecule has 0 spiro atoms. The summed E-state index contributed by atoms with van der Waals surface area (Å²) in [6, 6.07) is 6.42.